The van der Waals surface area contributed by atoms with E-state index in [-0.39, 0.29) is 0 Å². The Morgan fingerprint density at radius 2 is 1.38 bits per heavy atom. The molecule has 1 aromatic carbocycles. The normalized spacial score (nSPS) is 7.85. The van der Waals surface area contributed by atoms with Gasteiger partial charge in [0.2, 0.25) is 0 Å². The highest BCUT2D eigenvalue weighted by molar-refractivity contribution is 5.23. The summed E-state index contributed by atoms with van der Waals surface area (Å²) in [5.74, 6) is 0. The van der Waals surface area contributed by atoms with Crippen molar-refractivity contribution in [2.24, 2.45) is 0 Å². The summed E-state index contributed by atoms with van der Waals surface area (Å²) in [6, 6.07) is 8.36. The first kappa shape index (κ1) is 11.5. The van der Waals surface area contributed by atoms with Crippen LogP contribution in [-0.2, 0) is 4.74 Å². The van der Waals surface area contributed by atoms with E-state index in [1.54, 1.807) is 0 Å². The van der Waals surface area contributed by atoms with Crippen molar-refractivity contribution in [3.8, 4) is 0 Å². The van der Waals surface area contributed by atoms with E-state index < -0.39 is 0 Å². The summed E-state index contributed by atoms with van der Waals surface area (Å²) >= 11 is 0. The van der Waals surface area contributed by atoms with Crippen LogP contribution in [0.4, 0.5) is 0 Å². The van der Waals surface area contributed by atoms with Crippen molar-refractivity contribution in [2.75, 3.05) is 0 Å². The molecule has 0 heterocycles. The number of rotatable bonds is 2. The topological polar surface area (TPSA) is 9.23 Å². The van der Waals surface area contributed by atoms with Gasteiger partial charge in [-0.3, -0.25) is 0 Å². The highest BCUT2D eigenvalue weighted by Gasteiger charge is 1.83. The summed E-state index contributed by atoms with van der Waals surface area (Å²) < 4.78 is 4.36. The van der Waals surface area contributed by atoms with Gasteiger partial charge in [-0.1, -0.05) is 37.4 Å². The van der Waals surface area contributed by atoms with Crippen LogP contribution in [0.3, 0.4) is 0 Å². The van der Waals surface area contributed by atoms with Crippen molar-refractivity contribution >= 4 is 0 Å². The van der Waals surface area contributed by atoms with Crippen LogP contribution in [0, 0.1) is 13.8 Å². The van der Waals surface area contributed by atoms with Crippen molar-refractivity contribution in [3.63, 3.8) is 0 Å². The molecule has 13 heavy (non-hydrogen) atoms. The molecule has 0 aliphatic rings. The van der Waals surface area contributed by atoms with Gasteiger partial charge in [0, 0.05) is 0 Å². The van der Waals surface area contributed by atoms with Gasteiger partial charge in [-0.25, -0.2) is 0 Å². The first-order valence-electron chi connectivity index (χ1n) is 4.12. The van der Waals surface area contributed by atoms with E-state index >= 15 is 0 Å². The third kappa shape index (κ3) is 5.74. The van der Waals surface area contributed by atoms with Crippen molar-refractivity contribution in [1.29, 1.82) is 0 Å². The van der Waals surface area contributed by atoms with Crippen LogP contribution in [0.2, 0.25) is 0 Å². The highest BCUT2D eigenvalue weighted by atomic mass is 16.5. The van der Waals surface area contributed by atoms with Crippen LogP contribution >= 0.6 is 0 Å². The lowest BCUT2D eigenvalue weighted by Gasteiger charge is -1.93. The molecule has 70 valence electrons. The lowest BCUT2D eigenvalue weighted by Crippen LogP contribution is -1.74. The Hall–Kier alpha value is -1.50. The second-order valence-electron chi connectivity index (χ2n) is 2.55. The minimum Gasteiger partial charge on any atom is -0.474 e. The summed E-state index contributed by atoms with van der Waals surface area (Å²) in [6.45, 7) is 10.8. The minimum absolute atomic E-state index is 1.31. The van der Waals surface area contributed by atoms with Crippen LogP contribution in [0.1, 0.15) is 11.1 Å². The van der Waals surface area contributed by atoms with E-state index in [2.05, 4.69) is 56.0 Å². The molecule has 1 nitrogen and oxygen atoms in total. The average Bonchev–Trinajstić information content (AvgIpc) is 2.13. The lowest BCUT2D eigenvalue weighted by molar-refractivity contribution is 0.406. The van der Waals surface area contributed by atoms with Gasteiger partial charge in [-0.05, 0) is 25.0 Å². The molecule has 0 saturated carbocycles. The number of hydrogen-bond acceptors (Lipinski definition) is 1. The van der Waals surface area contributed by atoms with Crippen LogP contribution in [-0.4, -0.2) is 0 Å². The molecule has 1 aromatic rings. The lowest BCUT2D eigenvalue weighted by atomic mass is 10.1. The zero-order chi connectivity index (χ0) is 10.1. The van der Waals surface area contributed by atoms with E-state index in [4.69, 9.17) is 0 Å². The summed E-state index contributed by atoms with van der Waals surface area (Å²) in [4.78, 5) is 0. The van der Waals surface area contributed by atoms with E-state index in [0.29, 0.717) is 0 Å². The first-order chi connectivity index (χ1) is 6.22. The van der Waals surface area contributed by atoms with Crippen LogP contribution < -0.4 is 0 Å². The van der Waals surface area contributed by atoms with Gasteiger partial charge in [0.05, 0.1) is 12.5 Å². The smallest absolute Gasteiger partial charge is 0.0829 e. The Bertz CT molecular complexity index is 237. The SMILES string of the molecule is C=COC=C.Cc1ccccc1C. The first-order valence-corrected chi connectivity index (χ1v) is 4.12. The molecule has 0 unspecified atom stereocenters. The molecule has 0 atom stereocenters. The van der Waals surface area contributed by atoms with Gasteiger partial charge in [0.1, 0.15) is 0 Å². The maximum Gasteiger partial charge on any atom is 0.0829 e. The zero-order valence-corrected chi connectivity index (χ0v) is 8.29. The standard InChI is InChI=1S/C8H10.C4H6O/c1-7-5-3-4-6-8(7)2;1-3-5-4-2/h3-6H,1-2H3;3-4H,1-2H2. The predicted octanol–water partition coefficient (Wildman–Crippen LogP) is 3.59. The molecule has 0 saturated heterocycles. The minimum atomic E-state index is 1.31. The van der Waals surface area contributed by atoms with Crippen molar-refractivity contribution in [2.45, 2.75) is 13.8 Å². The Morgan fingerprint density at radius 1 is 1.00 bits per heavy atom. The predicted molar refractivity (Wildman–Crippen MR) is 57.4 cm³/mol. The maximum absolute atomic E-state index is 4.36. The monoisotopic (exact) mass is 176 g/mol. The largest absolute Gasteiger partial charge is 0.474 e. The molecule has 0 aromatic heterocycles. The summed E-state index contributed by atoms with van der Waals surface area (Å²) in [5.41, 5.74) is 2.74. The van der Waals surface area contributed by atoms with Crippen molar-refractivity contribution in [3.05, 3.63) is 61.1 Å². The molecular formula is C12H16O. The average molecular weight is 176 g/mol. The summed E-state index contributed by atoms with van der Waals surface area (Å²) in [6.07, 6.45) is 2.62. The molecular weight excluding hydrogens is 160 g/mol. The van der Waals surface area contributed by atoms with Crippen LogP contribution in [0.15, 0.2) is 49.9 Å². The number of ether oxygens (including phenoxy) is 1. The zero-order valence-electron chi connectivity index (χ0n) is 8.29. The molecule has 0 N–H and O–H groups in total. The Morgan fingerprint density at radius 3 is 1.54 bits per heavy atom. The van der Waals surface area contributed by atoms with E-state index in [9.17, 15) is 0 Å². The van der Waals surface area contributed by atoms with Gasteiger partial charge >= 0.3 is 0 Å². The fraction of sp³-hybridized carbons (Fsp3) is 0.167. The molecule has 1 rings (SSSR count). The molecule has 0 aliphatic heterocycles. The molecule has 0 amide bonds. The molecule has 1 heteroatoms. The highest BCUT2D eigenvalue weighted by Crippen LogP contribution is 2.02. The van der Waals surface area contributed by atoms with Gasteiger partial charge in [-0.15, -0.1) is 0 Å². The van der Waals surface area contributed by atoms with Gasteiger partial charge in [-0.2, -0.15) is 0 Å². The van der Waals surface area contributed by atoms with E-state index in [1.165, 1.54) is 23.7 Å². The molecule has 0 fully saturated rings. The number of hydrogen-bond donors (Lipinski definition) is 0. The number of aryl methyl sites for hydroxylation is 2. The van der Waals surface area contributed by atoms with Gasteiger partial charge in [0.15, 0.2) is 0 Å². The Kier molecular flexibility index (Phi) is 6.34. The van der Waals surface area contributed by atoms with Gasteiger partial charge in [0.25, 0.3) is 0 Å². The third-order valence-electron chi connectivity index (χ3n) is 1.62. The van der Waals surface area contributed by atoms with E-state index in [0.717, 1.165) is 0 Å². The molecule has 0 radical (unpaired) electrons. The Balaban J connectivity index is 0.000000252. The van der Waals surface area contributed by atoms with E-state index in [1.807, 2.05) is 0 Å². The van der Waals surface area contributed by atoms with Crippen LogP contribution in [0.5, 0.6) is 0 Å². The number of benzene rings is 1. The third-order valence-corrected chi connectivity index (χ3v) is 1.62. The van der Waals surface area contributed by atoms with Crippen molar-refractivity contribution in [1.82, 2.24) is 0 Å². The fourth-order valence-electron chi connectivity index (χ4n) is 0.731. The Labute approximate surface area is 80.4 Å². The molecule has 0 bridgehead atoms. The quantitative estimate of drug-likeness (QED) is 0.626. The summed E-state index contributed by atoms with van der Waals surface area (Å²) in [5, 5.41) is 0. The molecule has 0 aliphatic carbocycles. The fourth-order valence-corrected chi connectivity index (χ4v) is 0.731. The maximum atomic E-state index is 4.36. The van der Waals surface area contributed by atoms with Gasteiger partial charge < -0.3 is 4.74 Å². The second kappa shape index (κ2) is 7.17. The second-order valence-corrected chi connectivity index (χ2v) is 2.55. The molecule has 0 spiro atoms. The van der Waals surface area contributed by atoms with Crippen LogP contribution in [0.25, 0.3) is 0 Å². The summed E-state index contributed by atoms with van der Waals surface area (Å²) in [7, 11) is 0. The van der Waals surface area contributed by atoms with Crippen molar-refractivity contribution < 1.29 is 4.74 Å².